The van der Waals surface area contributed by atoms with E-state index in [4.69, 9.17) is 4.74 Å². The average Bonchev–Trinajstić information content (AvgIpc) is 2.27. The number of rotatable bonds is 5. The van der Waals surface area contributed by atoms with Gasteiger partial charge in [-0.2, -0.15) is 0 Å². The molecule has 1 rings (SSSR count). The summed E-state index contributed by atoms with van der Waals surface area (Å²) in [6, 6.07) is 9.86. The van der Waals surface area contributed by atoms with E-state index >= 15 is 0 Å². The van der Waals surface area contributed by atoms with E-state index in [-0.39, 0.29) is 5.78 Å². The summed E-state index contributed by atoms with van der Waals surface area (Å²) in [4.78, 5) is 11.0. The number of benzene rings is 1. The number of allylic oxidation sites excluding steroid dienone is 3. The molecule has 0 spiro atoms. The molecule has 0 N–H and O–H groups in total. The monoisotopic (exact) mass is 216 g/mol. The van der Waals surface area contributed by atoms with Crippen molar-refractivity contribution in [3.8, 4) is 0 Å². The molecule has 0 radical (unpaired) electrons. The van der Waals surface area contributed by atoms with Crippen molar-refractivity contribution >= 4 is 5.78 Å². The number of ether oxygens (including phenoxy) is 1. The van der Waals surface area contributed by atoms with Crippen LogP contribution in [0.15, 0.2) is 54.3 Å². The Balaban J connectivity index is 2.61. The first kappa shape index (κ1) is 12.2. The van der Waals surface area contributed by atoms with Crippen LogP contribution >= 0.6 is 0 Å². The second kappa shape index (κ2) is 6.62. The van der Waals surface area contributed by atoms with Crippen molar-refractivity contribution in [1.29, 1.82) is 0 Å². The molecule has 1 aromatic rings. The van der Waals surface area contributed by atoms with Gasteiger partial charge in [0, 0.05) is 6.08 Å². The molecule has 0 unspecified atom stereocenters. The van der Waals surface area contributed by atoms with Gasteiger partial charge in [0.05, 0.1) is 0 Å². The summed E-state index contributed by atoms with van der Waals surface area (Å²) in [5.74, 6) is 0.583. The Hall–Kier alpha value is -1.83. The highest BCUT2D eigenvalue weighted by molar-refractivity contribution is 5.88. The molecule has 16 heavy (non-hydrogen) atoms. The van der Waals surface area contributed by atoms with Crippen LogP contribution < -0.4 is 0 Å². The summed E-state index contributed by atoms with van der Waals surface area (Å²) in [7, 11) is 0. The Kier molecular flexibility index (Phi) is 5.06. The smallest absolute Gasteiger partial charge is 0.156 e. The molecule has 0 aliphatic rings. The molecule has 0 aliphatic heterocycles. The molecule has 0 saturated carbocycles. The first-order valence-electron chi connectivity index (χ1n) is 5.24. The van der Waals surface area contributed by atoms with E-state index in [1.54, 1.807) is 6.08 Å². The highest BCUT2D eigenvalue weighted by atomic mass is 16.5. The fourth-order valence-corrected chi connectivity index (χ4v) is 1.24. The largest absolute Gasteiger partial charge is 0.489 e. The van der Waals surface area contributed by atoms with Crippen LogP contribution in [-0.4, -0.2) is 5.78 Å². The van der Waals surface area contributed by atoms with Gasteiger partial charge in [0.2, 0.25) is 0 Å². The maximum Gasteiger partial charge on any atom is 0.156 e. The zero-order valence-electron chi connectivity index (χ0n) is 9.64. The van der Waals surface area contributed by atoms with E-state index in [0.29, 0.717) is 12.4 Å². The van der Waals surface area contributed by atoms with E-state index in [9.17, 15) is 4.79 Å². The molecular weight excluding hydrogens is 200 g/mol. The molecule has 0 atom stereocenters. The Morgan fingerprint density at radius 1 is 1.31 bits per heavy atom. The quantitative estimate of drug-likeness (QED) is 0.429. The van der Waals surface area contributed by atoms with Gasteiger partial charge in [-0.15, -0.1) is 0 Å². The van der Waals surface area contributed by atoms with Crippen molar-refractivity contribution in [2.75, 3.05) is 0 Å². The van der Waals surface area contributed by atoms with Gasteiger partial charge >= 0.3 is 0 Å². The van der Waals surface area contributed by atoms with Crippen LogP contribution in [0.3, 0.4) is 0 Å². The van der Waals surface area contributed by atoms with Crippen molar-refractivity contribution in [2.24, 2.45) is 0 Å². The standard InChI is InChI=1S/C14H16O2/c1-3-7-14(10-12(2)15)16-11-13-8-5-4-6-9-13/h3-10H,11H2,1-2H3/b7-3-,14-10+. The second-order valence-corrected chi connectivity index (χ2v) is 3.43. The van der Waals surface area contributed by atoms with Gasteiger partial charge in [0.1, 0.15) is 12.4 Å². The van der Waals surface area contributed by atoms with Gasteiger partial charge in [0.15, 0.2) is 5.78 Å². The minimum Gasteiger partial charge on any atom is -0.489 e. The molecule has 0 aromatic heterocycles. The van der Waals surface area contributed by atoms with E-state index < -0.39 is 0 Å². The highest BCUT2D eigenvalue weighted by Gasteiger charge is 1.97. The molecule has 0 heterocycles. The van der Waals surface area contributed by atoms with Crippen molar-refractivity contribution in [3.05, 3.63) is 59.9 Å². The third kappa shape index (κ3) is 4.60. The topological polar surface area (TPSA) is 26.3 Å². The summed E-state index contributed by atoms with van der Waals surface area (Å²) in [6.45, 7) is 3.87. The lowest BCUT2D eigenvalue weighted by Crippen LogP contribution is -1.94. The first-order valence-corrected chi connectivity index (χ1v) is 5.24. The third-order valence-corrected chi connectivity index (χ3v) is 1.92. The Labute approximate surface area is 96.2 Å². The summed E-state index contributed by atoms with van der Waals surface area (Å²) in [5.41, 5.74) is 1.08. The van der Waals surface area contributed by atoms with Crippen LogP contribution in [0.1, 0.15) is 19.4 Å². The van der Waals surface area contributed by atoms with Crippen LogP contribution in [0.4, 0.5) is 0 Å². The summed E-state index contributed by atoms with van der Waals surface area (Å²) >= 11 is 0. The van der Waals surface area contributed by atoms with Gasteiger partial charge in [0.25, 0.3) is 0 Å². The number of ketones is 1. The molecule has 0 saturated heterocycles. The molecule has 0 fully saturated rings. The maximum atomic E-state index is 11.0. The summed E-state index contributed by atoms with van der Waals surface area (Å²) in [5, 5.41) is 0. The van der Waals surface area contributed by atoms with Gasteiger partial charge in [-0.25, -0.2) is 0 Å². The van der Waals surface area contributed by atoms with Crippen LogP contribution in [-0.2, 0) is 16.1 Å². The van der Waals surface area contributed by atoms with Crippen LogP contribution in [0, 0.1) is 0 Å². The zero-order valence-corrected chi connectivity index (χ0v) is 9.64. The number of hydrogen-bond acceptors (Lipinski definition) is 2. The van der Waals surface area contributed by atoms with Crippen LogP contribution in [0.25, 0.3) is 0 Å². The number of hydrogen-bond donors (Lipinski definition) is 0. The fourth-order valence-electron chi connectivity index (χ4n) is 1.24. The molecule has 84 valence electrons. The summed E-state index contributed by atoms with van der Waals surface area (Å²) in [6.07, 6.45) is 5.12. The van der Waals surface area contributed by atoms with Crippen molar-refractivity contribution in [3.63, 3.8) is 0 Å². The van der Waals surface area contributed by atoms with Gasteiger partial charge < -0.3 is 4.74 Å². The van der Waals surface area contributed by atoms with Crippen molar-refractivity contribution < 1.29 is 9.53 Å². The molecule has 2 nitrogen and oxygen atoms in total. The minimum atomic E-state index is -0.0128. The van der Waals surface area contributed by atoms with E-state index in [1.807, 2.05) is 43.3 Å². The minimum absolute atomic E-state index is 0.0128. The Bertz CT molecular complexity index is 388. The molecule has 0 bridgehead atoms. The number of carbonyl (C=O) groups is 1. The SMILES string of the molecule is C/C=C\C(=C/C(C)=O)OCc1ccccc1. The zero-order chi connectivity index (χ0) is 11.8. The molecular formula is C14H16O2. The number of carbonyl (C=O) groups excluding carboxylic acids is 1. The normalized spacial score (nSPS) is 11.8. The van der Waals surface area contributed by atoms with E-state index in [2.05, 4.69) is 0 Å². The Morgan fingerprint density at radius 2 is 2.00 bits per heavy atom. The maximum absolute atomic E-state index is 11.0. The lowest BCUT2D eigenvalue weighted by molar-refractivity contribution is -0.112. The van der Waals surface area contributed by atoms with Gasteiger partial charge in [-0.1, -0.05) is 36.4 Å². The van der Waals surface area contributed by atoms with Gasteiger partial charge in [-0.3, -0.25) is 4.79 Å². The lowest BCUT2D eigenvalue weighted by Gasteiger charge is -2.06. The van der Waals surface area contributed by atoms with Crippen molar-refractivity contribution in [1.82, 2.24) is 0 Å². The molecule has 2 heteroatoms. The average molecular weight is 216 g/mol. The van der Waals surface area contributed by atoms with Crippen LogP contribution in [0.5, 0.6) is 0 Å². The first-order chi connectivity index (χ1) is 7.72. The lowest BCUT2D eigenvalue weighted by atomic mass is 10.2. The van der Waals surface area contributed by atoms with E-state index in [1.165, 1.54) is 13.0 Å². The second-order valence-electron chi connectivity index (χ2n) is 3.43. The van der Waals surface area contributed by atoms with E-state index in [0.717, 1.165) is 5.56 Å². The highest BCUT2D eigenvalue weighted by Crippen LogP contribution is 2.07. The molecule has 0 aliphatic carbocycles. The van der Waals surface area contributed by atoms with Crippen LogP contribution in [0.2, 0.25) is 0 Å². The van der Waals surface area contributed by atoms with Crippen molar-refractivity contribution in [2.45, 2.75) is 20.5 Å². The Morgan fingerprint density at radius 3 is 2.56 bits per heavy atom. The predicted octanol–water partition coefficient (Wildman–Crippen LogP) is 3.25. The molecule has 1 aromatic carbocycles. The van der Waals surface area contributed by atoms with Gasteiger partial charge in [-0.05, 0) is 25.5 Å². The fraction of sp³-hybridized carbons (Fsp3) is 0.214. The third-order valence-electron chi connectivity index (χ3n) is 1.92. The predicted molar refractivity (Wildman–Crippen MR) is 64.8 cm³/mol. The molecule has 0 amide bonds. The summed E-state index contributed by atoms with van der Waals surface area (Å²) < 4.78 is 5.53.